The van der Waals surface area contributed by atoms with E-state index >= 15 is 0 Å². The number of nitrogens with zero attached hydrogens (tertiary/aromatic N) is 1. The number of unbranched alkanes of at least 4 members (excludes halogenated alkanes) is 1. The summed E-state index contributed by atoms with van der Waals surface area (Å²) in [6, 6.07) is 9.89. The minimum Gasteiger partial charge on any atom is -0.462 e. The molecule has 1 aromatic rings. The number of rotatable bonds is 19. The van der Waals surface area contributed by atoms with Gasteiger partial charge in [-0.05, 0) is 82.1 Å². The number of aliphatic hydroxyl groups excluding tert-OH is 2. The predicted molar refractivity (Wildman–Crippen MR) is 146 cm³/mol. The van der Waals surface area contributed by atoms with Crippen LogP contribution in [-0.2, 0) is 25.6 Å². The molecule has 10 heteroatoms. The number of amides is 1. The van der Waals surface area contributed by atoms with Gasteiger partial charge in [0.05, 0.1) is 18.8 Å². The van der Waals surface area contributed by atoms with Gasteiger partial charge >= 0.3 is 5.97 Å². The largest absolute Gasteiger partial charge is 0.462 e. The zero-order valence-corrected chi connectivity index (χ0v) is 22.9. The summed E-state index contributed by atoms with van der Waals surface area (Å²) >= 11 is 0. The number of allylic oxidation sites excluding steroid dienone is 2. The Balaban J connectivity index is 1.89. The molecule has 10 nitrogen and oxygen atoms in total. The molecule has 1 saturated carbocycles. The number of ether oxygens (including phenoxy) is 1. The van der Waals surface area contributed by atoms with Crippen LogP contribution in [0.1, 0.15) is 76.7 Å². The predicted octanol–water partition coefficient (Wildman–Crippen LogP) is 3.91. The quantitative estimate of drug-likeness (QED) is 0.0775. The fourth-order valence-corrected chi connectivity index (χ4v) is 5.16. The van der Waals surface area contributed by atoms with E-state index in [9.17, 15) is 29.9 Å². The molecule has 1 fully saturated rings. The Kier molecular flexibility index (Phi) is 15.2. The summed E-state index contributed by atoms with van der Waals surface area (Å²) < 4.78 is 5.74. The zero-order chi connectivity index (χ0) is 28.5. The van der Waals surface area contributed by atoms with Gasteiger partial charge in [-0.2, -0.15) is 0 Å². The van der Waals surface area contributed by atoms with Crippen LogP contribution in [0.25, 0.3) is 0 Å². The van der Waals surface area contributed by atoms with Crippen LogP contribution in [0.3, 0.4) is 0 Å². The molecule has 0 radical (unpaired) electrons. The smallest absolute Gasteiger partial charge is 0.306 e. The Morgan fingerprint density at radius 3 is 2.56 bits per heavy atom. The molecule has 0 aromatic heterocycles. The normalized spacial score (nSPS) is 21.5. The molecule has 1 amide bonds. The molecule has 2 rings (SSSR count). The molecule has 1 unspecified atom stereocenters. The van der Waals surface area contributed by atoms with Gasteiger partial charge < -0.3 is 25.1 Å². The molecule has 0 spiro atoms. The van der Waals surface area contributed by atoms with E-state index in [0.717, 1.165) is 24.8 Å². The van der Waals surface area contributed by atoms with Crippen LogP contribution in [-0.4, -0.2) is 58.6 Å². The van der Waals surface area contributed by atoms with Gasteiger partial charge in [0, 0.05) is 19.4 Å². The lowest BCUT2D eigenvalue weighted by molar-refractivity contribution is -0.757. The van der Waals surface area contributed by atoms with E-state index in [1.807, 2.05) is 49.4 Å². The van der Waals surface area contributed by atoms with Crippen molar-refractivity contribution >= 4 is 11.9 Å². The summed E-state index contributed by atoms with van der Waals surface area (Å²) in [6.07, 6.45) is 8.13. The first-order valence-electron chi connectivity index (χ1n) is 14.1. The lowest BCUT2D eigenvalue weighted by atomic mass is 9.85. The Bertz CT molecular complexity index is 895. The van der Waals surface area contributed by atoms with Gasteiger partial charge in [0.15, 0.2) is 0 Å². The number of aliphatic hydroxyl groups is 2. The van der Waals surface area contributed by atoms with E-state index in [2.05, 4.69) is 10.2 Å². The third-order valence-corrected chi connectivity index (χ3v) is 7.18. The summed E-state index contributed by atoms with van der Waals surface area (Å²) in [5.74, 6) is -0.595. The van der Waals surface area contributed by atoms with Crippen molar-refractivity contribution in [2.75, 3.05) is 13.2 Å². The second-order valence-electron chi connectivity index (χ2n) is 10.1. The standard InChI is InChI=1S/C29H44N2O8/c1-2-30-28(34)14-9-4-3-8-13-24-25(27(33)21-26(24)32)19-18-23(17-16-22-11-6-5-7-12-22)39-29(35)15-10-20-38-31(36)37/h3,5-8,11-12,23-27,32-33H,2,4,9-10,13-21H2,1H3,(H,30,34)/t23?,24-,25-,26+,27-/m1/s1. The maximum atomic E-state index is 12.4. The second kappa shape index (κ2) is 18.3. The first-order chi connectivity index (χ1) is 18.8. The average molecular weight is 549 g/mol. The molecule has 218 valence electrons. The van der Waals surface area contributed by atoms with Crippen LogP contribution < -0.4 is 5.32 Å². The number of nitrogens with one attached hydrogen (secondary N) is 1. The minimum absolute atomic E-state index is 0.0218. The molecule has 1 aliphatic rings. The van der Waals surface area contributed by atoms with Crippen molar-refractivity contribution in [1.29, 1.82) is 0 Å². The molecule has 0 aliphatic heterocycles. The number of carbonyl (C=O) groups excluding carboxylic acids is 2. The second-order valence-corrected chi connectivity index (χ2v) is 10.1. The SMILES string of the molecule is CCNC(=O)CCCC=CC[C@@H]1[C@@H](CCC(CCc2ccccc2)OC(=O)CCCO[N+](=O)[O-])[C@H](O)C[C@@H]1O. The van der Waals surface area contributed by atoms with E-state index in [-0.39, 0.29) is 43.3 Å². The van der Waals surface area contributed by atoms with Gasteiger partial charge in [0.25, 0.3) is 5.09 Å². The topological polar surface area (TPSA) is 148 Å². The van der Waals surface area contributed by atoms with Crippen molar-refractivity contribution in [1.82, 2.24) is 5.32 Å². The van der Waals surface area contributed by atoms with Gasteiger partial charge in [0.1, 0.15) is 6.10 Å². The van der Waals surface area contributed by atoms with Gasteiger partial charge in [0.2, 0.25) is 5.91 Å². The van der Waals surface area contributed by atoms with Crippen molar-refractivity contribution in [2.24, 2.45) is 11.8 Å². The molecule has 0 heterocycles. The number of esters is 1. The monoisotopic (exact) mass is 548 g/mol. The van der Waals surface area contributed by atoms with E-state index in [0.29, 0.717) is 45.1 Å². The Morgan fingerprint density at radius 1 is 1.10 bits per heavy atom. The third kappa shape index (κ3) is 13.1. The third-order valence-electron chi connectivity index (χ3n) is 7.18. The van der Waals surface area contributed by atoms with E-state index in [4.69, 9.17) is 4.74 Å². The van der Waals surface area contributed by atoms with Crippen molar-refractivity contribution < 1.29 is 34.5 Å². The highest BCUT2D eigenvalue weighted by Gasteiger charge is 2.40. The Morgan fingerprint density at radius 2 is 1.85 bits per heavy atom. The van der Waals surface area contributed by atoms with Gasteiger partial charge in [-0.15, -0.1) is 10.1 Å². The maximum absolute atomic E-state index is 12.4. The molecule has 1 aromatic carbocycles. The molecule has 39 heavy (non-hydrogen) atoms. The van der Waals surface area contributed by atoms with Crippen molar-refractivity contribution in [2.45, 2.75) is 95.9 Å². The summed E-state index contributed by atoms with van der Waals surface area (Å²) in [5.41, 5.74) is 1.13. The molecule has 0 bridgehead atoms. The van der Waals surface area contributed by atoms with Crippen LogP contribution in [0.2, 0.25) is 0 Å². The number of hydrogen-bond donors (Lipinski definition) is 3. The first-order valence-corrected chi connectivity index (χ1v) is 14.1. The lowest BCUT2D eigenvalue weighted by Crippen LogP contribution is -2.25. The van der Waals surface area contributed by atoms with Crippen LogP contribution >= 0.6 is 0 Å². The summed E-state index contributed by atoms with van der Waals surface area (Å²) in [4.78, 5) is 38.5. The Hall–Kier alpha value is -2.98. The fourth-order valence-electron chi connectivity index (χ4n) is 5.16. The molecule has 0 saturated heterocycles. The van der Waals surface area contributed by atoms with Crippen LogP contribution in [0.4, 0.5) is 0 Å². The number of benzene rings is 1. The van der Waals surface area contributed by atoms with Crippen molar-refractivity contribution in [3.8, 4) is 0 Å². The van der Waals surface area contributed by atoms with Gasteiger partial charge in [-0.25, -0.2) is 0 Å². The zero-order valence-electron chi connectivity index (χ0n) is 22.9. The van der Waals surface area contributed by atoms with Crippen LogP contribution in [0, 0.1) is 22.0 Å². The maximum Gasteiger partial charge on any atom is 0.306 e. The first kappa shape index (κ1) is 32.2. The fraction of sp³-hybridized carbons (Fsp3) is 0.655. The molecule has 1 aliphatic carbocycles. The molecular formula is C29H44N2O8. The average Bonchev–Trinajstić information content (AvgIpc) is 3.17. The number of carbonyl (C=O) groups is 2. The number of aryl methyl sites for hydroxylation is 1. The minimum atomic E-state index is -0.882. The molecule has 3 N–H and O–H groups in total. The van der Waals surface area contributed by atoms with Crippen LogP contribution in [0.15, 0.2) is 42.5 Å². The van der Waals surface area contributed by atoms with Crippen molar-refractivity contribution in [3.05, 3.63) is 58.2 Å². The van der Waals surface area contributed by atoms with Crippen molar-refractivity contribution in [3.63, 3.8) is 0 Å². The van der Waals surface area contributed by atoms with Gasteiger partial charge in [-0.1, -0.05) is 42.5 Å². The van der Waals surface area contributed by atoms with E-state index in [1.165, 1.54) is 0 Å². The molecular weight excluding hydrogens is 504 g/mol. The lowest BCUT2D eigenvalue weighted by Gasteiger charge is -2.25. The summed E-state index contributed by atoms with van der Waals surface area (Å²) in [6.45, 7) is 2.36. The van der Waals surface area contributed by atoms with E-state index in [1.54, 1.807) is 0 Å². The highest BCUT2D eigenvalue weighted by molar-refractivity contribution is 5.75. The summed E-state index contributed by atoms with van der Waals surface area (Å²) in [5, 5.41) is 33.5. The van der Waals surface area contributed by atoms with E-state index < -0.39 is 23.3 Å². The molecule has 5 atom stereocenters. The van der Waals surface area contributed by atoms with Gasteiger partial charge in [-0.3, -0.25) is 9.59 Å². The number of hydrogen-bond acceptors (Lipinski definition) is 8. The van der Waals surface area contributed by atoms with Crippen LogP contribution in [0.5, 0.6) is 0 Å². The Labute approximate surface area is 230 Å². The highest BCUT2D eigenvalue weighted by atomic mass is 16.9. The summed E-state index contributed by atoms with van der Waals surface area (Å²) in [7, 11) is 0. The highest BCUT2D eigenvalue weighted by Crippen LogP contribution is 2.38.